The van der Waals surface area contributed by atoms with Crippen molar-refractivity contribution < 1.29 is 36.9 Å². The Hall–Kier alpha value is -0.104. The van der Waals surface area contributed by atoms with E-state index >= 15 is 0 Å². The van der Waals surface area contributed by atoms with Crippen LogP contribution in [0.2, 0.25) is 0 Å². The van der Waals surface area contributed by atoms with Gasteiger partial charge in [0.1, 0.15) is 0 Å². The smallest absolute Gasteiger partial charge is 0.303 e. The molecule has 0 aliphatic carbocycles. The Balaban J connectivity index is 0. The van der Waals surface area contributed by atoms with Gasteiger partial charge in [0, 0.05) is 35.9 Å². The summed E-state index contributed by atoms with van der Waals surface area (Å²) in [6.45, 7) is -0.550. The van der Waals surface area contributed by atoms with E-state index in [1.807, 2.05) is 0 Å². The number of carboxylic acids is 1. The van der Waals surface area contributed by atoms with Gasteiger partial charge < -0.3 is 15.3 Å². The van der Waals surface area contributed by atoms with E-state index in [1.165, 1.54) is 0 Å². The van der Waals surface area contributed by atoms with E-state index in [-0.39, 0.29) is 36.4 Å². The molecule has 0 bridgehead atoms. The average molecular weight is 193 g/mol. The van der Waals surface area contributed by atoms with Crippen molar-refractivity contribution in [1.29, 1.82) is 0 Å². The fourth-order valence-electron chi connectivity index (χ4n) is 0.434. The maximum atomic E-state index is 9.91. The fraction of sp³-hybridized carbons (Fsp3) is 0.800. The number of carbonyl (C=O) groups is 1. The van der Waals surface area contributed by atoms with Crippen molar-refractivity contribution in [2.75, 3.05) is 13.2 Å². The van der Waals surface area contributed by atoms with Crippen LogP contribution in [-0.2, 0) is 21.6 Å². The third kappa shape index (κ3) is 6.02. The van der Waals surface area contributed by atoms with E-state index in [1.54, 1.807) is 0 Å². The third-order valence-electron chi connectivity index (χ3n) is 0.980. The molecule has 0 amide bonds. The summed E-state index contributed by atoms with van der Waals surface area (Å²) in [7, 11) is 0. The van der Waals surface area contributed by atoms with Crippen LogP contribution in [0.4, 0.5) is 0 Å². The van der Waals surface area contributed by atoms with Gasteiger partial charge in [0.05, 0.1) is 6.42 Å². The second-order valence-corrected chi connectivity index (χ2v) is 1.83. The minimum absolute atomic E-state index is 0. The first-order valence-corrected chi connectivity index (χ1v) is 2.64. The van der Waals surface area contributed by atoms with Crippen molar-refractivity contribution in [1.82, 2.24) is 0 Å². The van der Waals surface area contributed by atoms with E-state index in [4.69, 9.17) is 15.3 Å². The predicted octanol–water partition coefficient (Wildman–Crippen LogP) is -0.941. The summed E-state index contributed by atoms with van der Waals surface area (Å²) in [6.07, 6.45) is -0.174. The molecule has 63 valence electrons. The van der Waals surface area contributed by atoms with Gasteiger partial charge in [0.25, 0.3) is 0 Å². The number of hydrogen-bond donors (Lipinski definition) is 3. The van der Waals surface area contributed by atoms with Crippen molar-refractivity contribution in [2.45, 2.75) is 6.42 Å². The monoisotopic (exact) mass is 193 g/mol. The number of rotatable bonds is 4. The van der Waals surface area contributed by atoms with Gasteiger partial charge in [-0.05, 0) is 0 Å². The molecule has 0 fully saturated rings. The Morgan fingerprint density at radius 1 is 1.30 bits per heavy atom. The Labute approximate surface area is 69.1 Å². The first-order valence-electron chi connectivity index (χ1n) is 2.64. The zero-order valence-electron chi connectivity index (χ0n) is 5.28. The Morgan fingerprint density at radius 2 is 1.70 bits per heavy atom. The quantitative estimate of drug-likeness (QED) is 0.538. The molecular weight excluding hydrogens is 183 g/mol. The average Bonchev–Trinajstić information content (AvgIpc) is 1.82. The van der Waals surface area contributed by atoms with Crippen LogP contribution >= 0.6 is 0 Å². The summed E-state index contributed by atoms with van der Waals surface area (Å²) < 4.78 is 0. The topological polar surface area (TPSA) is 77.8 Å². The molecule has 1 radical (unpaired) electrons. The molecule has 0 aromatic carbocycles. The van der Waals surface area contributed by atoms with Gasteiger partial charge >= 0.3 is 5.97 Å². The van der Waals surface area contributed by atoms with Gasteiger partial charge in [0.15, 0.2) is 0 Å². The van der Waals surface area contributed by atoms with Crippen LogP contribution in [0.15, 0.2) is 0 Å². The number of hydrogen-bond acceptors (Lipinski definition) is 3. The van der Waals surface area contributed by atoms with E-state index in [2.05, 4.69) is 0 Å². The minimum atomic E-state index is -0.997. The molecule has 0 unspecified atom stereocenters. The number of carboxylic acid groups (broad SMARTS) is 1. The van der Waals surface area contributed by atoms with Gasteiger partial charge in [-0.2, -0.15) is 0 Å². The molecule has 0 aromatic heterocycles. The molecule has 0 rings (SSSR count). The van der Waals surface area contributed by atoms with Gasteiger partial charge in [-0.25, -0.2) is 0 Å². The molecule has 0 saturated carbocycles. The zero-order chi connectivity index (χ0) is 7.28. The molecule has 0 aliphatic rings. The Morgan fingerprint density at radius 3 is 1.80 bits per heavy atom. The molecule has 0 heterocycles. The van der Waals surface area contributed by atoms with Crippen molar-refractivity contribution in [2.24, 2.45) is 5.92 Å². The molecule has 0 aromatic rings. The summed E-state index contributed by atoms with van der Waals surface area (Å²) in [5.74, 6) is -1.51. The van der Waals surface area contributed by atoms with Crippen LogP contribution in [0.25, 0.3) is 0 Å². The van der Waals surface area contributed by atoms with Crippen LogP contribution in [0.1, 0.15) is 6.42 Å². The van der Waals surface area contributed by atoms with Gasteiger partial charge in [-0.3, -0.25) is 4.79 Å². The van der Waals surface area contributed by atoms with Crippen molar-refractivity contribution in [3.8, 4) is 0 Å². The molecular formula is C5H10CoO4. The largest absolute Gasteiger partial charge is 0.481 e. The van der Waals surface area contributed by atoms with Gasteiger partial charge in [-0.1, -0.05) is 0 Å². The van der Waals surface area contributed by atoms with E-state index in [9.17, 15) is 4.79 Å². The second kappa shape index (κ2) is 7.01. The maximum Gasteiger partial charge on any atom is 0.303 e. The van der Waals surface area contributed by atoms with Gasteiger partial charge in [-0.15, -0.1) is 0 Å². The summed E-state index contributed by atoms with van der Waals surface area (Å²) in [4.78, 5) is 9.91. The zero-order valence-corrected chi connectivity index (χ0v) is 6.32. The predicted molar refractivity (Wildman–Crippen MR) is 29.9 cm³/mol. The van der Waals surface area contributed by atoms with E-state index in [0.29, 0.717) is 0 Å². The SMILES string of the molecule is O=C(O)CC(CO)CO.[Co]. The van der Waals surface area contributed by atoms with Crippen LogP contribution < -0.4 is 0 Å². The molecule has 5 heteroatoms. The Bertz CT molecular complexity index is 91.6. The summed E-state index contributed by atoms with van der Waals surface area (Å²) >= 11 is 0. The van der Waals surface area contributed by atoms with Crippen LogP contribution in [0, 0.1) is 5.92 Å². The minimum Gasteiger partial charge on any atom is -0.481 e. The molecule has 10 heavy (non-hydrogen) atoms. The second-order valence-electron chi connectivity index (χ2n) is 1.83. The standard InChI is InChI=1S/C5H10O4.Co/c6-2-4(3-7)1-5(8)9;/h4,6-7H,1-3H2,(H,8,9);. The summed E-state index contributed by atoms with van der Waals surface area (Å²) in [5, 5.41) is 24.8. The first kappa shape index (κ1) is 12.6. The molecule has 0 saturated heterocycles. The molecule has 0 atom stereocenters. The van der Waals surface area contributed by atoms with E-state index in [0.717, 1.165) is 0 Å². The maximum absolute atomic E-state index is 9.91. The molecule has 4 nitrogen and oxygen atoms in total. The molecule has 3 N–H and O–H groups in total. The number of aliphatic carboxylic acids is 1. The number of aliphatic hydroxyl groups excluding tert-OH is 2. The van der Waals surface area contributed by atoms with Crippen molar-refractivity contribution >= 4 is 5.97 Å². The first-order chi connectivity index (χ1) is 4.20. The van der Waals surface area contributed by atoms with Crippen LogP contribution in [-0.4, -0.2) is 34.5 Å². The van der Waals surface area contributed by atoms with Crippen LogP contribution in [0.3, 0.4) is 0 Å². The van der Waals surface area contributed by atoms with Crippen LogP contribution in [0.5, 0.6) is 0 Å². The van der Waals surface area contributed by atoms with Gasteiger partial charge in [0.2, 0.25) is 0 Å². The number of aliphatic hydroxyl groups is 2. The van der Waals surface area contributed by atoms with Crippen molar-refractivity contribution in [3.05, 3.63) is 0 Å². The normalized spacial score (nSPS) is 9.10. The Kier molecular flexibility index (Phi) is 8.80. The summed E-state index contributed by atoms with van der Waals surface area (Å²) in [6, 6.07) is 0. The van der Waals surface area contributed by atoms with E-state index < -0.39 is 11.9 Å². The molecule has 0 spiro atoms. The fourth-order valence-corrected chi connectivity index (χ4v) is 0.434. The summed E-state index contributed by atoms with van der Waals surface area (Å²) in [5.41, 5.74) is 0. The van der Waals surface area contributed by atoms with Crippen molar-refractivity contribution in [3.63, 3.8) is 0 Å². The third-order valence-corrected chi connectivity index (χ3v) is 0.980. The molecule has 0 aliphatic heterocycles.